The third-order valence-electron chi connectivity index (χ3n) is 4.46. The van der Waals surface area contributed by atoms with Gasteiger partial charge < -0.3 is 14.8 Å². The Morgan fingerprint density at radius 2 is 1.61 bits per heavy atom. The summed E-state index contributed by atoms with van der Waals surface area (Å²) in [6.07, 6.45) is 1.81. The maximum atomic E-state index is 12.3. The van der Waals surface area contributed by atoms with Gasteiger partial charge in [0.2, 0.25) is 0 Å². The van der Waals surface area contributed by atoms with Gasteiger partial charge >= 0.3 is 5.97 Å². The lowest BCUT2D eigenvalue weighted by Gasteiger charge is -2.13. The molecule has 5 nitrogen and oxygen atoms in total. The van der Waals surface area contributed by atoms with Crippen molar-refractivity contribution in [2.45, 2.75) is 19.6 Å². The lowest BCUT2D eigenvalue weighted by Crippen LogP contribution is -2.29. The molecule has 0 saturated heterocycles. The molecule has 3 aromatic rings. The lowest BCUT2D eigenvalue weighted by molar-refractivity contribution is -0.148. The lowest BCUT2D eigenvalue weighted by atomic mass is 10.2. The maximum Gasteiger partial charge on any atom is 0.331 e. The highest BCUT2D eigenvalue weighted by Crippen LogP contribution is 2.25. The van der Waals surface area contributed by atoms with E-state index in [9.17, 15) is 9.59 Å². The molecule has 1 atom stereocenters. The maximum absolute atomic E-state index is 12.3. The van der Waals surface area contributed by atoms with Gasteiger partial charge in [0.25, 0.3) is 5.91 Å². The molecule has 170 valence electrons. The zero-order chi connectivity index (χ0) is 23.8. The van der Waals surface area contributed by atoms with Crippen LogP contribution in [0, 0.1) is 0 Å². The number of benzene rings is 3. The van der Waals surface area contributed by atoms with Crippen molar-refractivity contribution in [2.75, 3.05) is 5.32 Å². The summed E-state index contributed by atoms with van der Waals surface area (Å²) in [7, 11) is 0. The highest BCUT2D eigenvalue weighted by atomic mass is 35.5. The van der Waals surface area contributed by atoms with Crippen LogP contribution >= 0.6 is 34.8 Å². The number of ether oxygens (including phenoxy) is 2. The van der Waals surface area contributed by atoms with Crippen molar-refractivity contribution < 1.29 is 19.1 Å². The van der Waals surface area contributed by atoms with Crippen molar-refractivity contribution in [3.63, 3.8) is 0 Å². The summed E-state index contributed by atoms with van der Waals surface area (Å²) in [5, 5.41) is 4.01. The fourth-order valence-corrected chi connectivity index (χ4v) is 3.14. The number of carbonyl (C=O) groups excluding carboxylic acids is 2. The van der Waals surface area contributed by atoms with Crippen molar-refractivity contribution >= 4 is 58.4 Å². The summed E-state index contributed by atoms with van der Waals surface area (Å²) < 4.78 is 10.9. The van der Waals surface area contributed by atoms with Gasteiger partial charge in [-0.1, -0.05) is 59.1 Å². The molecule has 0 aliphatic heterocycles. The Balaban J connectivity index is 1.48. The van der Waals surface area contributed by atoms with E-state index in [0.29, 0.717) is 33.1 Å². The Bertz CT molecular complexity index is 1150. The molecule has 0 aliphatic rings. The van der Waals surface area contributed by atoms with E-state index in [0.717, 1.165) is 11.1 Å². The molecule has 8 heteroatoms. The van der Waals surface area contributed by atoms with Crippen LogP contribution in [0.1, 0.15) is 18.1 Å². The van der Waals surface area contributed by atoms with Crippen LogP contribution in [0.2, 0.25) is 15.1 Å². The molecule has 33 heavy (non-hydrogen) atoms. The van der Waals surface area contributed by atoms with Crippen LogP contribution in [-0.2, 0) is 20.9 Å². The van der Waals surface area contributed by atoms with Crippen molar-refractivity contribution in [3.8, 4) is 5.75 Å². The Morgan fingerprint density at radius 3 is 2.30 bits per heavy atom. The number of esters is 1. The fraction of sp³-hybridized carbons (Fsp3) is 0.120. The molecule has 3 aromatic carbocycles. The zero-order valence-electron chi connectivity index (χ0n) is 17.6. The quantitative estimate of drug-likeness (QED) is 0.270. The number of anilines is 1. The van der Waals surface area contributed by atoms with Gasteiger partial charge in [-0.25, -0.2) is 4.79 Å². The van der Waals surface area contributed by atoms with Crippen LogP contribution in [0.15, 0.2) is 72.8 Å². The van der Waals surface area contributed by atoms with Crippen LogP contribution in [0.3, 0.4) is 0 Å². The average molecular weight is 505 g/mol. The molecule has 1 unspecified atom stereocenters. The van der Waals surface area contributed by atoms with Gasteiger partial charge in [0.05, 0.1) is 10.7 Å². The van der Waals surface area contributed by atoms with Crippen molar-refractivity contribution in [1.29, 1.82) is 0 Å². The first-order valence-corrected chi connectivity index (χ1v) is 11.1. The first kappa shape index (κ1) is 24.6. The van der Waals surface area contributed by atoms with Gasteiger partial charge in [0.15, 0.2) is 6.10 Å². The van der Waals surface area contributed by atoms with Gasteiger partial charge in [-0.3, -0.25) is 4.79 Å². The summed E-state index contributed by atoms with van der Waals surface area (Å²) >= 11 is 17.8. The SMILES string of the molecule is CC(OC(=O)C=Cc1ccc(OCc2ccc(Cl)cc2)cc1)C(=O)Nc1cc(Cl)ccc1Cl. The van der Waals surface area contributed by atoms with E-state index < -0.39 is 18.0 Å². The second-order valence-corrected chi connectivity index (χ2v) is 8.29. The highest BCUT2D eigenvalue weighted by molar-refractivity contribution is 6.35. The molecule has 0 radical (unpaired) electrons. The Hall–Kier alpha value is -2.99. The second-order valence-electron chi connectivity index (χ2n) is 7.01. The number of carbonyl (C=O) groups is 2. The summed E-state index contributed by atoms with van der Waals surface area (Å²) in [4.78, 5) is 24.4. The third kappa shape index (κ3) is 7.82. The first-order chi connectivity index (χ1) is 15.8. The highest BCUT2D eigenvalue weighted by Gasteiger charge is 2.18. The van der Waals surface area contributed by atoms with E-state index in [-0.39, 0.29) is 0 Å². The summed E-state index contributed by atoms with van der Waals surface area (Å²) in [6, 6.07) is 19.3. The first-order valence-electron chi connectivity index (χ1n) is 9.92. The van der Waals surface area contributed by atoms with Gasteiger partial charge in [0, 0.05) is 16.1 Å². The minimum Gasteiger partial charge on any atom is -0.489 e. The molecule has 0 aliphatic carbocycles. The van der Waals surface area contributed by atoms with Gasteiger partial charge in [-0.2, -0.15) is 0 Å². The van der Waals surface area contributed by atoms with Crippen molar-refractivity contribution in [2.24, 2.45) is 0 Å². The van der Waals surface area contributed by atoms with Gasteiger partial charge in [-0.05, 0) is 66.6 Å². The topological polar surface area (TPSA) is 64.6 Å². The minimum atomic E-state index is -1.03. The molecule has 0 heterocycles. The molecule has 0 aromatic heterocycles. The van der Waals surface area contributed by atoms with E-state index in [2.05, 4.69) is 5.32 Å². The largest absolute Gasteiger partial charge is 0.489 e. The van der Waals surface area contributed by atoms with Crippen LogP contribution in [0.5, 0.6) is 5.75 Å². The number of nitrogens with one attached hydrogen (secondary N) is 1. The molecule has 0 fully saturated rings. The summed E-state index contributed by atoms with van der Waals surface area (Å²) in [5.41, 5.74) is 2.11. The summed E-state index contributed by atoms with van der Waals surface area (Å²) in [5.74, 6) is -0.490. The van der Waals surface area contributed by atoms with Crippen molar-refractivity contribution in [1.82, 2.24) is 0 Å². The number of hydrogen-bond donors (Lipinski definition) is 1. The predicted molar refractivity (Wildman–Crippen MR) is 132 cm³/mol. The minimum absolute atomic E-state index is 0.326. The molecule has 0 bridgehead atoms. The van der Waals surface area contributed by atoms with E-state index in [1.54, 1.807) is 42.5 Å². The van der Waals surface area contributed by atoms with E-state index in [1.165, 1.54) is 19.1 Å². The summed E-state index contributed by atoms with van der Waals surface area (Å²) in [6.45, 7) is 1.88. The van der Waals surface area contributed by atoms with Crippen molar-refractivity contribution in [3.05, 3.63) is 99.0 Å². The molecule has 1 amide bonds. The fourth-order valence-electron chi connectivity index (χ4n) is 2.68. The number of hydrogen-bond acceptors (Lipinski definition) is 4. The van der Waals surface area contributed by atoms with Crippen LogP contribution < -0.4 is 10.1 Å². The zero-order valence-corrected chi connectivity index (χ0v) is 19.8. The third-order valence-corrected chi connectivity index (χ3v) is 5.28. The van der Waals surface area contributed by atoms with E-state index in [4.69, 9.17) is 44.3 Å². The number of rotatable bonds is 8. The Morgan fingerprint density at radius 1 is 0.939 bits per heavy atom. The molecular weight excluding hydrogens is 485 g/mol. The monoisotopic (exact) mass is 503 g/mol. The smallest absolute Gasteiger partial charge is 0.331 e. The van der Waals surface area contributed by atoms with E-state index in [1.807, 2.05) is 24.3 Å². The Kier molecular flexibility index (Phi) is 8.78. The average Bonchev–Trinajstić information content (AvgIpc) is 2.80. The Labute approximate surface area is 206 Å². The van der Waals surface area contributed by atoms with Crippen LogP contribution in [0.4, 0.5) is 5.69 Å². The standard InChI is InChI=1S/C25H20Cl3NO4/c1-16(25(31)29-23-14-20(27)9-12-22(23)28)33-24(30)13-6-17-4-10-21(11-5-17)32-15-18-2-7-19(26)8-3-18/h2-14,16H,15H2,1H3,(H,29,31). The molecule has 3 rings (SSSR count). The number of amides is 1. The van der Waals surface area contributed by atoms with Gasteiger partial charge in [-0.15, -0.1) is 0 Å². The van der Waals surface area contributed by atoms with Gasteiger partial charge in [0.1, 0.15) is 12.4 Å². The normalized spacial score (nSPS) is 11.8. The predicted octanol–water partition coefficient (Wildman–Crippen LogP) is 6.81. The molecule has 1 N–H and O–H groups in total. The van der Waals surface area contributed by atoms with Crippen LogP contribution in [0.25, 0.3) is 6.08 Å². The van der Waals surface area contributed by atoms with E-state index >= 15 is 0 Å². The molecular formula is C25H20Cl3NO4. The van der Waals surface area contributed by atoms with Crippen LogP contribution in [-0.4, -0.2) is 18.0 Å². The molecule has 0 saturated carbocycles. The second kappa shape index (κ2) is 11.8. The molecule has 0 spiro atoms. The number of halogens is 3.